The summed E-state index contributed by atoms with van der Waals surface area (Å²) in [4.78, 5) is 19.1. The molecule has 1 saturated heterocycles. The zero-order valence-electron chi connectivity index (χ0n) is 16.6. The summed E-state index contributed by atoms with van der Waals surface area (Å²) in [5.41, 5.74) is 2.16. The molecule has 0 atom stereocenters. The van der Waals surface area contributed by atoms with Gasteiger partial charge >= 0.3 is 0 Å². The summed E-state index contributed by atoms with van der Waals surface area (Å²) in [6.07, 6.45) is 0. The minimum Gasteiger partial charge on any atom is -0.495 e. The molecule has 6 heteroatoms. The maximum Gasteiger partial charge on any atom is 0.267 e. The highest BCUT2D eigenvalue weighted by Crippen LogP contribution is 2.37. The van der Waals surface area contributed by atoms with Crippen LogP contribution in [0.3, 0.4) is 0 Å². The Morgan fingerprint density at radius 3 is 2.21 bits per heavy atom. The molecular formula is C23H24N2O3S. The van der Waals surface area contributed by atoms with Crippen LogP contribution < -0.4 is 14.4 Å². The number of nitrogens with zero attached hydrogens (tertiary/aromatic N) is 2. The normalized spacial score (nSPS) is 14.0. The van der Waals surface area contributed by atoms with Gasteiger partial charge in [0.15, 0.2) is 0 Å². The summed E-state index contributed by atoms with van der Waals surface area (Å²) in [7, 11) is 3.30. The molecule has 0 N–H and O–H groups in total. The highest BCUT2D eigenvalue weighted by Gasteiger charge is 2.27. The molecule has 1 fully saturated rings. The van der Waals surface area contributed by atoms with Gasteiger partial charge in [-0.15, -0.1) is 11.3 Å². The minimum absolute atomic E-state index is 0.0358. The monoisotopic (exact) mass is 408 g/mol. The van der Waals surface area contributed by atoms with Crippen molar-refractivity contribution in [3.63, 3.8) is 0 Å². The van der Waals surface area contributed by atoms with Crippen LogP contribution in [-0.4, -0.2) is 51.2 Å². The van der Waals surface area contributed by atoms with E-state index in [0.29, 0.717) is 23.7 Å². The third-order valence-electron chi connectivity index (χ3n) is 5.16. The van der Waals surface area contributed by atoms with Gasteiger partial charge in [0.25, 0.3) is 5.91 Å². The van der Waals surface area contributed by atoms with Crippen LogP contribution in [0, 0.1) is 0 Å². The van der Waals surface area contributed by atoms with Crippen LogP contribution in [0.15, 0.2) is 60.7 Å². The molecule has 0 saturated carbocycles. The minimum atomic E-state index is 0.0358. The first-order chi connectivity index (χ1) is 14.2. The molecular weight excluding hydrogens is 384 g/mol. The van der Waals surface area contributed by atoms with Crippen LogP contribution in [0.5, 0.6) is 11.5 Å². The first-order valence-electron chi connectivity index (χ1n) is 9.61. The number of para-hydroxylation sites is 2. The number of amides is 1. The molecule has 1 aliphatic heterocycles. The van der Waals surface area contributed by atoms with Crippen molar-refractivity contribution < 1.29 is 14.3 Å². The molecule has 0 bridgehead atoms. The molecule has 29 heavy (non-hydrogen) atoms. The summed E-state index contributed by atoms with van der Waals surface area (Å²) in [6, 6.07) is 20.0. The van der Waals surface area contributed by atoms with Gasteiger partial charge in [-0.1, -0.05) is 42.5 Å². The van der Waals surface area contributed by atoms with Gasteiger partial charge in [0.05, 0.1) is 19.9 Å². The summed E-state index contributed by atoms with van der Waals surface area (Å²) in [5, 5.41) is 0. The molecule has 2 aromatic carbocycles. The Hall–Kier alpha value is -2.99. The second-order valence-corrected chi connectivity index (χ2v) is 7.88. The Kier molecular flexibility index (Phi) is 5.71. The molecule has 150 valence electrons. The van der Waals surface area contributed by atoms with Crippen LogP contribution in [-0.2, 0) is 0 Å². The summed E-state index contributed by atoms with van der Waals surface area (Å²) in [6.45, 7) is 2.87. The Morgan fingerprint density at radius 1 is 0.862 bits per heavy atom. The van der Waals surface area contributed by atoms with E-state index in [-0.39, 0.29) is 5.91 Å². The largest absolute Gasteiger partial charge is 0.495 e. The lowest BCUT2D eigenvalue weighted by atomic mass is 10.2. The average Bonchev–Trinajstić information content (AvgIpc) is 3.24. The fourth-order valence-electron chi connectivity index (χ4n) is 3.60. The molecule has 5 nitrogen and oxygen atoms in total. The van der Waals surface area contributed by atoms with Crippen molar-refractivity contribution in [2.75, 3.05) is 45.3 Å². The Bertz CT molecular complexity index is 979. The van der Waals surface area contributed by atoms with Gasteiger partial charge in [0, 0.05) is 31.1 Å². The second-order valence-electron chi connectivity index (χ2n) is 6.83. The molecule has 1 aromatic heterocycles. The highest BCUT2D eigenvalue weighted by atomic mass is 32.1. The average molecular weight is 409 g/mol. The summed E-state index contributed by atoms with van der Waals surface area (Å²) < 4.78 is 11.0. The number of thiophene rings is 1. The van der Waals surface area contributed by atoms with E-state index in [0.717, 1.165) is 35.0 Å². The van der Waals surface area contributed by atoms with Gasteiger partial charge in [0.1, 0.15) is 16.4 Å². The molecule has 2 heterocycles. The number of hydrogen-bond acceptors (Lipinski definition) is 5. The zero-order chi connectivity index (χ0) is 20.2. The zero-order valence-corrected chi connectivity index (χ0v) is 17.4. The van der Waals surface area contributed by atoms with Crippen LogP contribution in [0.1, 0.15) is 9.67 Å². The van der Waals surface area contributed by atoms with E-state index < -0.39 is 0 Å². The molecule has 0 spiro atoms. The van der Waals surface area contributed by atoms with E-state index in [4.69, 9.17) is 9.47 Å². The molecule has 1 aliphatic rings. The smallest absolute Gasteiger partial charge is 0.267 e. The fourth-order valence-corrected chi connectivity index (χ4v) is 4.70. The third kappa shape index (κ3) is 3.93. The maximum absolute atomic E-state index is 13.2. The van der Waals surface area contributed by atoms with Crippen LogP contribution in [0.25, 0.3) is 10.4 Å². The standard InChI is InChI=1S/C23H24N2O3S/c1-27-19-11-7-6-10-18(19)24-12-14-25(15-13-24)23(26)22-20(28-2)16-21(29-22)17-8-4-3-5-9-17/h3-11,16H,12-15H2,1-2H3. The Morgan fingerprint density at radius 2 is 1.52 bits per heavy atom. The van der Waals surface area contributed by atoms with Crippen molar-refractivity contribution in [2.45, 2.75) is 0 Å². The van der Waals surface area contributed by atoms with E-state index in [2.05, 4.69) is 11.0 Å². The van der Waals surface area contributed by atoms with E-state index in [1.807, 2.05) is 59.5 Å². The summed E-state index contributed by atoms with van der Waals surface area (Å²) in [5.74, 6) is 1.54. The van der Waals surface area contributed by atoms with Crippen molar-refractivity contribution in [3.8, 4) is 21.9 Å². The first-order valence-corrected chi connectivity index (χ1v) is 10.4. The first kappa shape index (κ1) is 19.3. The second kappa shape index (κ2) is 8.57. The van der Waals surface area contributed by atoms with Gasteiger partial charge < -0.3 is 19.3 Å². The molecule has 0 aliphatic carbocycles. The SMILES string of the molecule is COc1ccccc1N1CCN(C(=O)c2sc(-c3ccccc3)cc2OC)CC1. The van der Waals surface area contributed by atoms with Crippen LogP contribution in [0.2, 0.25) is 0 Å². The number of ether oxygens (including phenoxy) is 2. The number of benzene rings is 2. The van der Waals surface area contributed by atoms with Crippen molar-refractivity contribution in [1.82, 2.24) is 4.90 Å². The topological polar surface area (TPSA) is 42.0 Å². The van der Waals surface area contributed by atoms with Crippen molar-refractivity contribution in [2.24, 2.45) is 0 Å². The number of rotatable bonds is 5. The van der Waals surface area contributed by atoms with Gasteiger partial charge in [-0.2, -0.15) is 0 Å². The highest BCUT2D eigenvalue weighted by molar-refractivity contribution is 7.17. The number of hydrogen-bond donors (Lipinski definition) is 0. The van der Waals surface area contributed by atoms with Crippen LogP contribution >= 0.6 is 11.3 Å². The number of carbonyl (C=O) groups is 1. The van der Waals surface area contributed by atoms with Crippen LogP contribution in [0.4, 0.5) is 5.69 Å². The van der Waals surface area contributed by atoms with Crippen molar-refractivity contribution >= 4 is 22.9 Å². The predicted octanol–water partition coefficient (Wildman–Crippen LogP) is 4.39. The van der Waals surface area contributed by atoms with E-state index >= 15 is 0 Å². The number of carbonyl (C=O) groups excluding carboxylic acids is 1. The molecule has 3 aromatic rings. The summed E-state index contributed by atoms with van der Waals surface area (Å²) >= 11 is 1.49. The van der Waals surface area contributed by atoms with Gasteiger partial charge in [-0.25, -0.2) is 0 Å². The number of piperazine rings is 1. The van der Waals surface area contributed by atoms with Crippen molar-refractivity contribution in [1.29, 1.82) is 0 Å². The maximum atomic E-state index is 13.2. The Labute approximate surface area is 175 Å². The quantitative estimate of drug-likeness (QED) is 0.628. The molecule has 0 radical (unpaired) electrons. The van der Waals surface area contributed by atoms with Gasteiger partial charge in [-0.3, -0.25) is 4.79 Å². The number of anilines is 1. The fraction of sp³-hybridized carbons (Fsp3) is 0.261. The van der Waals surface area contributed by atoms with E-state index in [1.165, 1.54) is 11.3 Å². The molecule has 0 unspecified atom stereocenters. The lowest BCUT2D eigenvalue weighted by Crippen LogP contribution is -2.48. The van der Waals surface area contributed by atoms with E-state index in [1.54, 1.807) is 14.2 Å². The predicted molar refractivity (Wildman–Crippen MR) is 117 cm³/mol. The van der Waals surface area contributed by atoms with E-state index in [9.17, 15) is 4.79 Å². The number of methoxy groups -OCH3 is 2. The van der Waals surface area contributed by atoms with Gasteiger partial charge in [-0.05, 0) is 23.8 Å². The lowest BCUT2D eigenvalue weighted by molar-refractivity contribution is 0.0748. The third-order valence-corrected chi connectivity index (χ3v) is 6.32. The molecule has 1 amide bonds. The van der Waals surface area contributed by atoms with Gasteiger partial charge in [0.2, 0.25) is 0 Å². The van der Waals surface area contributed by atoms with Crippen molar-refractivity contribution in [3.05, 3.63) is 65.5 Å². The lowest BCUT2D eigenvalue weighted by Gasteiger charge is -2.36. The molecule has 4 rings (SSSR count). The Balaban J connectivity index is 1.49.